The van der Waals surface area contributed by atoms with Crippen molar-refractivity contribution in [1.29, 1.82) is 0 Å². The van der Waals surface area contributed by atoms with Gasteiger partial charge in [0.1, 0.15) is 11.6 Å². The van der Waals surface area contributed by atoms with Gasteiger partial charge in [-0.25, -0.2) is 4.39 Å². The molecule has 2 rings (SSSR count). The van der Waals surface area contributed by atoms with Gasteiger partial charge in [-0.15, -0.1) is 0 Å². The second kappa shape index (κ2) is 7.23. The van der Waals surface area contributed by atoms with Gasteiger partial charge in [0.05, 0.1) is 12.5 Å². The van der Waals surface area contributed by atoms with Gasteiger partial charge in [0.15, 0.2) is 0 Å². The molecule has 0 saturated carbocycles. The molecule has 0 bridgehead atoms. The van der Waals surface area contributed by atoms with Gasteiger partial charge in [0, 0.05) is 0 Å². The molecule has 2 aromatic carbocycles. The van der Waals surface area contributed by atoms with Crippen LogP contribution in [-0.4, -0.2) is 11.8 Å². The number of rotatable bonds is 6. The van der Waals surface area contributed by atoms with E-state index in [0.717, 1.165) is 11.3 Å². The maximum absolute atomic E-state index is 13.3. The van der Waals surface area contributed by atoms with Crippen molar-refractivity contribution in [3.63, 3.8) is 0 Å². The van der Waals surface area contributed by atoms with E-state index in [1.54, 1.807) is 12.1 Å². The smallest absolute Gasteiger partial charge is 0.229 e. The maximum Gasteiger partial charge on any atom is 0.229 e. The average molecular weight is 307 g/mol. The van der Waals surface area contributed by atoms with Gasteiger partial charge in [0.2, 0.25) is 5.24 Å². The van der Waals surface area contributed by atoms with E-state index in [1.807, 2.05) is 31.2 Å². The number of benzene rings is 2. The predicted molar refractivity (Wildman–Crippen MR) is 81.3 cm³/mol. The van der Waals surface area contributed by atoms with Crippen LogP contribution in [0.3, 0.4) is 0 Å². The Morgan fingerprint density at radius 2 is 1.95 bits per heavy atom. The third-order valence-corrected chi connectivity index (χ3v) is 3.46. The first kappa shape index (κ1) is 15.5. The van der Waals surface area contributed by atoms with Crippen LogP contribution in [0.15, 0.2) is 48.5 Å². The van der Waals surface area contributed by atoms with Crippen molar-refractivity contribution in [2.75, 3.05) is 6.61 Å². The normalized spacial score (nSPS) is 12.0. The highest BCUT2D eigenvalue weighted by Crippen LogP contribution is 2.25. The fourth-order valence-electron chi connectivity index (χ4n) is 2.18. The van der Waals surface area contributed by atoms with Gasteiger partial charge in [-0.05, 0) is 60.3 Å². The molecule has 0 aliphatic carbocycles. The van der Waals surface area contributed by atoms with Gasteiger partial charge in [0.25, 0.3) is 0 Å². The number of hydrogen-bond donors (Lipinski definition) is 0. The van der Waals surface area contributed by atoms with Gasteiger partial charge in [-0.1, -0.05) is 24.3 Å². The fraction of sp³-hybridized carbons (Fsp3) is 0.235. The summed E-state index contributed by atoms with van der Waals surface area (Å²) in [5, 5.41) is -0.491. The third kappa shape index (κ3) is 4.30. The molecule has 0 saturated heterocycles. The van der Waals surface area contributed by atoms with Crippen molar-refractivity contribution in [2.45, 2.75) is 19.3 Å². The summed E-state index contributed by atoms with van der Waals surface area (Å²) in [5.74, 6) is -0.150. The SMILES string of the molecule is CCOc1ccc(CC(C(=O)Cl)c2cccc(F)c2)cc1. The minimum Gasteiger partial charge on any atom is -0.494 e. The quantitative estimate of drug-likeness (QED) is 0.743. The number of ether oxygens (including phenoxy) is 1. The number of hydrogen-bond acceptors (Lipinski definition) is 2. The van der Waals surface area contributed by atoms with Crippen LogP contribution in [0.25, 0.3) is 0 Å². The van der Waals surface area contributed by atoms with E-state index < -0.39 is 11.2 Å². The van der Waals surface area contributed by atoms with E-state index in [-0.39, 0.29) is 5.82 Å². The van der Waals surface area contributed by atoms with Crippen molar-refractivity contribution >= 4 is 16.8 Å². The first-order valence-corrected chi connectivity index (χ1v) is 7.14. The predicted octanol–water partition coefficient (Wildman–Crippen LogP) is 4.32. The number of carbonyl (C=O) groups excluding carboxylic acids is 1. The zero-order valence-electron chi connectivity index (χ0n) is 11.7. The van der Waals surface area contributed by atoms with Crippen LogP contribution < -0.4 is 4.74 Å². The summed E-state index contributed by atoms with van der Waals surface area (Å²) in [6.07, 6.45) is 0.429. The molecule has 0 N–H and O–H groups in total. The van der Waals surface area contributed by atoms with E-state index in [2.05, 4.69) is 0 Å². The van der Waals surface area contributed by atoms with Crippen LogP contribution in [0.5, 0.6) is 5.75 Å². The second-order valence-electron chi connectivity index (χ2n) is 4.69. The minimum atomic E-state index is -0.555. The molecule has 1 unspecified atom stereocenters. The topological polar surface area (TPSA) is 26.3 Å². The van der Waals surface area contributed by atoms with Crippen molar-refractivity contribution in [3.05, 3.63) is 65.5 Å². The third-order valence-electron chi connectivity index (χ3n) is 3.20. The molecule has 0 radical (unpaired) electrons. The lowest BCUT2D eigenvalue weighted by Crippen LogP contribution is -2.10. The molecule has 0 fully saturated rings. The molecule has 0 aliphatic heterocycles. The monoisotopic (exact) mass is 306 g/mol. The fourth-order valence-corrected chi connectivity index (χ4v) is 2.38. The van der Waals surface area contributed by atoms with Crippen molar-refractivity contribution < 1.29 is 13.9 Å². The van der Waals surface area contributed by atoms with Gasteiger partial charge < -0.3 is 4.74 Å². The Morgan fingerprint density at radius 3 is 2.52 bits per heavy atom. The Morgan fingerprint density at radius 1 is 1.24 bits per heavy atom. The Hall–Kier alpha value is -1.87. The summed E-state index contributed by atoms with van der Waals surface area (Å²) in [7, 11) is 0. The first-order valence-electron chi connectivity index (χ1n) is 6.76. The van der Waals surface area contributed by atoms with Crippen molar-refractivity contribution in [3.8, 4) is 5.75 Å². The molecular formula is C17H16ClFO2. The standard InChI is InChI=1S/C17H16ClFO2/c1-2-21-15-8-6-12(7-9-15)10-16(17(18)20)13-4-3-5-14(19)11-13/h3-9,11,16H,2,10H2,1H3. The van der Waals surface area contributed by atoms with E-state index >= 15 is 0 Å². The molecule has 2 nitrogen and oxygen atoms in total. The van der Waals surface area contributed by atoms with Crippen LogP contribution in [0.2, 0.25) is 0 Å². The summed E-state index contributed by atoms with van der Waals surface area (Å²) in [5.41, 5.74) is 1.53. The zero-order valence-corrected chi connectivity index (χ0v) is 12.4. The largest absolute Gasteiger partial charge is 0.494 e. The van der Waals surface area contributed by atoms with Crippen LogP contribution >= 0.6 is 11.6 Å². The Balaban J connectivity index is 2.18. The summed E-state index contributed by atoms with van der Waals surface area (Å²) in [4.78, 5) is 11.6. The highest BCUT2D eigenvalue weighted by Gasteiger charge is 2.19. The van der Waals surface area contributed by atoms with E-state index in [9.17, 15) is 9.18 Å². The zero-order chi connectivity index (χ0) is 15.2. The van der Waals surface area contributed by atoms with Gasteiger partial charge in [-0.2, -0.15) is 0 Å². The minimum absolute atomic E-state index is 0.373. The lowest BCUT2D eigenvalue weighted by molar-refractivity contribution is -0.113. The van der Waals surface area contributed by atoms with Crippen LogP contribution in [-0.2, 0) is 11.2 Å². The molecule has 0 aliphatic rings. The first-order chi connectivity index (χ1) is 10.1. The van der Waals surface area contributed by atoms with Gasteiger partial charge in [-0.3, -0.25) is 4.79 Å². The molecular weight excluding hydrogens is 291 g/mol. The van der Waals surface area contributed by atoms with Crippen molar-refractivity contribution in [2.24, 2.45) is 0 Å². The molecule has 0 amide bonds. The molecule has 0 aromatic heterocycles. The van der Waals surface area contributed by atoms with Crippen molar-refractivity contribution in [1.82, 2.24) is 0 Å². The highest BCUT2D eigenvalue weighted by atomic mass is 35.5. The lowest BCUT2D eigenvalue weighted by atomic mass is 9.93. The van der Waals surface area contributed by atoms with E-state index in [4.69, 9.17) is 16.3 Å². The Bertz CT molecular complexity index is 610. The van der Waals surface area contributed by atoms with Gasteiger partial charge >= 0.3 is 0 Å². The summed E-state index contributed by atoms with van der Waals surface area (Å²) in [6.45, 7) is 2.52. The maximum atomic E-state index is 13.3. The Kier molecular flexibility index (Phi) is 5.34. The molecule has 21 heavy (non-hydrogen) atoms. The number of halogens is 2. The molecule has 1 atom stereocenters. The second-order valence-corrected chi connectivity index (χ2v) is 5.07. The summed E-state index contributed by atoms with van der Waals surface area (Å²) in [6, 6.07) is 13.4. The summed E-state index contributed by atoms with van der Waals surface area (Å²) < 4.78 is 18.7. The molecule has 0 spiro atoms. The highest BCUT2D eigenvalue weighted by molar-refractivity contribution is 6.64. The van der Waals surface area contributed by atoms with Crippen LogP contribution in [0, 0.1) is 5.82 Å². The van der Waals surface area contributed by atoms with Crippen LogP contribution in [0.4, 0.5) is 4.39 Å². The molecule has 0 heterocycles. The molecule has 4 heteroatoms. The van der Waals surface area contributed by atoms with Crippen LogP contribution in [0.1, 0.15) is 24.0 Å². The molecule has 110 valence electrons. The summed E-state index contributed by atoms with van der Waals surface area (Å²) >= 11 is 5.68. The van der Waals surface area contributed by atoms with E-state index in [0.29, 0.717) is 18.6 Å². The Labute approximate surface area is 128 Å². The molecule has 2 aromatic rings. The number of carbonyl (C=O) groups is 1. The van der Waals surface area contributed by atoms with E-state index in [1.165, 1.54) is 12.1 Å². The lowest BCUT2D eigenvalue weighted by Gasteiger charge is -2.13. The average Bonchev–Trinajstić information content (AvgIpc) is 2.46.